The van der Waals surface area contributed by atoms with Crippen molar-refractivity contribution < 1.29 is 4.74 Å². The van der Waals surface area contributed by atoms with Crippen LogP contribution in [-0.2, 0) is 6.54 Å². The Morgan fingerprint density at radius 1 is 1.23 bits per heavy atom. The summed E-state index contributed by atoms with van der Waals surface area (Å²) in [5.41, 5.74) is 3.23. The molecule has 2 atom stereocenters. The van der Waals surface area contributed by atoms with Crippen molar-refractivity contribution in [3.05, 3.63) is 40.9 Å². The Hall–Kier alpha value is -2.25. The number of rotatable bonds is 6. The molecule has 3 aromatic rings. The lowest BCUT2D eigenvalue weighted by Crippen LogP contribution is -2.28. The molecule has 26 heavy (non-hydrogen) atoms. The molecule has 1 fully saturated rings. The summed E-state index contributed by atoms with van der Waals surface area (Å²) < 4.78 is 9.22. The molecule has 1 saturated carbocycles. The summed E-state index contributed by atoms with van der Waals surface area (Å²) in [6, 6.07) is 9.12. The predicted molar refractivity (Wildman–Crippen MR) is 105 cm³/mol. The van der Waals surface area contributed by atoms with E-state index in [2.05, 4.69) is 33.2 Å². The van der Waals surface area contributed by atoms with Crippen LogP contribution in [0.25, 0.3) is 10.9 Å². The third-order valence-electron chi connectivity index (χ3n) is 4.98. The summed E-state index contributed by atoms with van der Waals surface area (Å²) in [6.45, 7) is 2.92. The second-order valence-electron chi connectivity index (χ2n) is 6.84. The molecule has 0 unspecified atom stereocenters. The smallest absolute Gasteiger partial charge is 0.127 e. The maximum atomic E-state index is 5.32. The van der Waals surface area contributed by atoms with Crippen molar-refractivity contribution in [1.82, 2.24) is 19.9 Å². The minimum absolute atomic E-state index is 0.448. The largest absolute Gasteiger partial charge is 0.497 e. The van der Waals surface area contributed by atoms with Crippen molar-refractivity contribution in [2.75, 3.05) is 12.4 Å². The number of fused-ring (bicyclic) bond motifs is 1. The molecule has 136 valence electrons. The van der Waals surface area contributed by atoms with Gasteiger partial charge in [0.05, 0.1) is 18.3 Å². The Labute approximate surface area is 157 Å². The van der Waals surface area contributed by atoms with Gasteiger partial charge in [-0.2, -0.15) is 0 Å². The SMILES string of the molecule is COc1ccc2nc(N[C@H]3CC[C@H](NCc4csnn4)C3)cc(C)c2c1. The molecule has 6 nitrogen and oxygen atoms in total. The zero-order chi connectivity index (χ0) is 17.9. The summed E-state index contributed by atoms with van der Waals surface area (Å²) in [4.78, 5) is 4.78. The number of nitrogens with one attached hydrogen (secondary N) is 2. The average molecular weight is 369 g/mol. The highest BCUT2D eigenvalue weighted by Gasteiger charge is 2.24. The van der Waals surface area contributed by atoms with Gasteiger partial charge in [0.2, 0.25) is 0 Å². The topological polar surface area (TPSA) is 72.0 Å². The summed E-state index contributed by atoms with van der Waals surface area (Å²) >= 11 is 1.40. The van der Waals surface area contributed by atoms with E-state index in [1.54, 1.807) is 7.11 Å². The molecule has 7 heteroatoms. The minimum Gasteiger partial charge on any atom is -0.497 e. The first-order chi connectivity index (χ1) is 12.7. The monoisotopic (exact) mass is 369 g/mol. The maximum Gasteiger partial charge on any atom is 0.127 e. The van der Waals surface area contributed by atoms with Gasteiger partial charge in [0, 0.05) is 29.4 Å². The quantitative estimate of drug-likeness (QED) is 0.693. The van der Waals surface area contributed by atoms with Gasteiger partial charge in [-0.1, -0.05) is 4.49 Å². The van der Waals surface area contributed by atoms with E-state index in [0.29, 0.717) is 12.1 Å². The Balaban J connectivity index is 1.39. The molecular weight excluding hydrogens is 346 g/mol. The first kappa shape index (κ1) is 17.2. The van der Waals surface area contributed by atoms with E-state index in [4.69, 9.17) is 9.72 Å². The maximum absolute atomic E-state index is 5.32. The fourth-order valence-electron chi connectivity index (χ4n) is 3.59. The normalized spacial score (nSPS) is 19.8. The van der Waals surface area contributed by atoms with Crippen LogP contribution >= 0.6 is 11.5 Å². The zero-order valence-corrected chi connectivity index (χ0v) is 15.8. The Kier molecular flexibility index (Phi) is 4.99. The van der Waals surface area contributed by atoms with Crippen molar-refractivity contribution >= 4 is 28.3 Å². The molecule has 2 heterocycles. The molecule has 1 aromatic carbocycles. The van der Waals surface area contributed by atoms with Gasteiger partial charge in [0.25, 0.3) is 0 Å². The van der Waals surface area contributed by atoms with E-state index < -0.39 is 0 Å². The van der Waals surface area contributed by atoms with Gasteiger partial charge >= 0.3 is 0 Å². The first-order valence-corrected chi connectivity index (χ1v) is 9.76. The summed E-state index contributed by atoms with van der Waals surface area (Å²) in [6.07, 6.45) is 3.41. The lowest BCUT2D eigenvalue weighted by Gasteiger charge is -2.16. The van der Waals surface area contributed by atoms with Crippen molar-refractivity contribution in [2.45, 2.75) is 44.8 Å². The standard InChI is InChI=1S/C19H23N5OS/c1-12-7-19(22-18-6-5-16(25-2)9-17(12)18)21-14-4-3-13(8-14)20-10-15-11-26-24-23-15/h5-7,9,11,13-14,20H,3-4,8,10H2,1-2H3,(H,21,22)/t13-,14-/m0/s1. The summed E-state index contributed by atoms with van der Waals surface area (Å²) in [5.74, 6) is 1.82. The number of benzene rings is 1. The average Bonchev–Trinajstić information content (AvgIpc) is 3.31. The molecule has 4 rings (SSSR count). The van der Waals surface area contributed by atoms with E-state index in [-0.39, 0.29) is 0 Å². The van der Waals surface area contributed by atoms with E-state index in [0.717, 1.165) is 47.6 Å². The number of aryl methyl sites for hydroxylation is 1. The van der Waals surface area contributed by atoms with Crippen LogP contribution in [0, 0.1) is 6.92 Å². The minimum atomic E-state index is 0.448. The van der Waals surface area contributed by atoms with Gasteiger partial charge in [-0.15, -0.1) is 5.10 Å². The molecule has 2 aromatic heterocycles. The Morgan fingerprint density at radius 3 is 2.92 bits per heavy atom. The molecule has 0 aliphatic heterocycles. The highest BCUT2D eigenvalue weighted by molar-refractivity contribution is 7.03. The molecule has 0 saturated heterocycles. The molecule has 0 radical (unpaired) electrons. The fourth-order valence-corrected chi connectivity index (χ4v) is 4.04. The highest BCUT2D eigenvalue weighted by atomic mass is 32.1. The van der Waals surface area contributed by atoms with E-state index in [1.807, 2.05) is 23.6 Å². The van der Waals surface area contributed by atoms with Crippen LogP contribution in [0.15, 0.2) is 29.6 Å². The van der Waals surface area contributed by atoms with Gasteiger partial charge in [0.1, 0.15) is 11.6 Å². The Morgan fingerprint density at radius 2 is 2.12 bits per heavy atom. The second kappa shape index (κ2) is 7.55. The van der Waals surface area contributed by atoms with Gasteiger partial charge in [-0.05, 0) is 67.5 Å². The van der Waals surface area contributed by atoms with Crippen LogP contribution < -0.4 is 15.4 Å². The third-order valence-corrected chi connectivity index (χ3v) is 5.54. The lowest BCUT2D eigenvalue weighted by atomic mass is 10.1. The number of hydrogen-bond acceptors (Lipinski definition) is 7. The van der Waals surface area contributed by atoms with Crippen LogP contribution in [0.2, 0.25) is 0 Å². The second-order valence-corrected chi connectivity index (χ2v) is 7.45. The number of nitrogens with zero attached hydrogens (tertiary/aromatic N) is 3. The number of methoxy groups -OCH3 is 1. The van der Waals surface area contributed by atoms with Crippen molar-refractivity contribution in [3.63, 3.8) is 0 Å². The number of pyridine rings is 1. The Bertz CT molecular complexity index is 883. The number of hydrogen-bond donors (Lipinski definition) is 2. The van der Waals surface area contributed by atoms with Gasteiger partial charge in [-0.25, -0.2) is 4.98 Å². The summed E-state index contributed by atoms with van der Waals surface area (Å²) in [5, 5.41) is 14.4. The van der Waals surface area contributed by atoms with Crippen molar-refractivity contribution in [2.24, 2.45) is 0 Å². The van der Waals surface area contributed by atoms with Gasteiger partial charge in [0.15, 0.2) is 0 Å². The number of ether oxygens (including phenoxy) is 1. The van der Waals surface area contributed by atoms with E-state index >= 15 is 0 Å². The van der Waals surface area contributed by atoms with Crippen LogP contribution in [0.1, 0.15) is 30.5 Å². The van der Waals surface area contributed by atoms with Gasteiger partial charge < -0.3 is 15.4 Å². The van der Waals surface area contributed by atoms with Gasteiger partial charge in [-0.3, -0.25) is 0 Å². The molecule has 0 spiro atoms. The molecule has 1 aliphatic rings. The first-order valence-electron chi connectivity index (χ1n) is 8.92. The molecule has 1 aliphatic carbocycles. The number of aromatic nitrogens is 3. The van der Waals surface area contributed by atoms with E-state index in [1.165, 1.54) is 23.5 Å². The van der Waals surface area contributed by atoms with Crippen molar-refractivity contribution in [3.8, 4) is 5.75 Å². The predicted octanol–water partition coefficient (Wildman–Crippen LogP) is 3.53. The molecule has 0 amide bonds. The molecule has 0 bridgehead atoms. The van der Waals surface area contributed by atoms with Crippen LogP contribution in [0.3, 0.4) is 0 Å². The third kappa shape index (κ3) is 3.78. The lowest BCUT2D eigenvalue weighted by molar-refractivity contribution is 0.415. The number of anilines is 1. The van der Waals surface area contributed by atoms with Crippen molar-refractivity contribution in [1.29, 1.82) is 0 Å². The fraction of sp³-hybridized carbons (Fsp3) is 0.421. The highest BCUT2D eigenvalue weighted by Crippen LogP contribution is 2.27. The van der Waals surface area contributed by atoms with E-state index in [9.17, 15) is 0 Å². The summed E-state index contributed by atoms with van der Waals surface area (Å²) in [7, 11) is 1.69. The van der Waals surface area contributed by atoms with Crippen LogP contribution in [-0.4, -0.2) is 33.8 Å². The zero-order valence-electron chi connectivity index (χ0n) is 15.0. The van der Waals surface area contributed by atoms with Crippen LogP contribution in [0.5, 0.6) is 5.75 Å². The van der Waals surface area contributed by atoms with Crippen LogP contribution in [0.4, 0.5) is 5.82 Å². The molecule has 2 N–H and O–H groups in total. The molecular formula is C19H23N5OS.